The first-order chi connectivity index (χ1) is 11.5. The van der Waals surface area contributed by atoms with E-state index in [0.717, 1.165) is 25.7 Å². The Bertz CT molecular complexity index is 572. The number of ketones is 1. The molecule has 0 amide bonds. The van der Waals surface area contributed by atoms with Gasteiger partial charge in [-0.3, -0.25) is 9.59 Å². The lowest BCUT2D eigenvalue weighted by atomic mass is 9.71. The molecular formula is C19H28NO4+. The second-order valence-electron chi connectivity index (χ2n) is 6.83. The number of hydrogen-bond donors (Lipinski definition) is 0. The molecule has 132 valence electrons. The highest BCUT2D eigenvalue weighted by Crippen LogP contribution is 2.41. The number of ether oxygens (including phenoxy) is 2. The van der Waals surface area contributed by atoms with Crippen molar-refractivity contribution in [1.29, 1.82) is 0 Å². The van der Waals surface area contributed by atoms with Crippen molar-refractivity contribution in [3.8, 4) is 6.07 Å². The number of allylic oxidation sites excluding steroid dienone is 1. The molecule has 0 radical (unpaired) electrons. The molecule has 0 unspecified atom stereocenters. The van der Waals surface area contributed by atoms with Crippen molar-refractivity contribution in [2.45, 2.75) is 65.3 Å². The number of carbonyl (C=O) groups is 2. The molecule has 0 N–H and O–H groups in total. The maximum Gasteiger partial charge on any atom is 0.305 e. The Morgan fingerprint density at radius 3 is 2.92 bits per heavy atom. The molecule has 0 spiro atoms. The molecule has 0 aliphatic carbocycles. The van der Waals surface area contributed by atoms with Gasteiger partial charge in [-0.25, -0.2) is 0 Å². The molecule has 2 bridgehead atoms. The summed E-state index contributed by atoms with van der Waals surface area (Å²) in [4.78, 5) is 28.7. The van der Waals surface area contributed by atoms with Crippen molar-refractivity contribution in [2.75, 3.05) is 13.2 Å². The summed E-state index contributed by atoms with van der Waals surface area (Å²) in [5.41, 5.74) is -0.124. The summed E-state index contributed by atoms with van der Waals surface area (Å²) in [5, 5.41) is 0. The molecule has 0 saturated heterocycles. The molecule has 0 aromatic rings. The van der Waals surface area contributed by atoms with E-state index >= 15 is 0 Å². The van der Waals surface area contributed by atoms with Crippen LogP contribution >= 0.6 is 0 Å². The highest BCUT2D eigenvalue weighted by atomic mass is 16.5. The fourth-order valence-corrected chi connectivity index (χ4v) is 3.48. The molecule has 2 aliphatic rings. The maximum absolute atomic E-state index is 12.3. The summed E-state index contributed by atoms with van der Waals surface area (Å²) in [6.45, 7) is 6.85. The Morgan fingerprint density at radius 1 is 1.42 bits per heavy atom. The Kier molecular flexibility index (Phi) is 6.42. The SMILES string of the molecule is CCOC(=O)CC[C@]1(C)CCC[C@H]2C#[N+][C@H]1C/C(OCC)=C\C2=O. The van der Waals surface area contributed by atoms with Gasteiger partial charge in [-0.15, -0.1) is 0 Å². The number of esters is 1. The van der Waals surface area contributed by atoms with E-state index in [0.29, 0.717) is 31.8 Å². The van der Waals surface area contributed by atoms with E-state index in [4.69, 9.17) is 9.47 Å². The van der Waals surface area contributed by atoms with Crippen LogP contribution in [0.15, 0.2) is 11.8 Å². The molecule has 0 aromatic carbocycles. The zero-order chi connectivity index (χ0) is 17.6. The smallest absolute Gasteiger partial charge is 0.305 e. The Morgan fingerprint density at radius 2 is 2.21 bits per heavy atom. The van der Waals surface area contributed by atoms with Crippen LogP contribution in [0.25, 0.3) is 4.85 Å². The standard InChI is InChI=1S/C19H28NO4/c1-4-23-15-11-16(21)14-7-6-9-19(3,17(12-15)20-13-14)10-8-18(22)24-5-2/h11,14,17H,4-10,12H2,1-3H3/q+1/b15-11+/t14-,17-,19-/m0/s1. The zero-order valence-corrected chi connectivity index (χ0v) is 15.0. The largest absolute Gasteiger partial charge is 0.498 e. The van der Waals surface area contributed by atoms with Gasteiger partial charge in [-0.1, -0.05) is 18.2 Å². The van der Waals surface area contributed by atoms with Crippen LogP contribution in [0, 0.1) is 17.4 Å². The third kappa shape index (κ3) is 4.59. The number of rotatable bonds is 6. The minimum absolute atomic E-state index is 0.0272. The van der Waals surface area contributed by atoms with E-state index in [1.807, 2.05) is 13.8 Å². The lowest BCUT2D eigenvalue weighted by Crippen LogP contribution is -2.34. The minimum atomic E-state index is -0.266. The fourth-order valence-electron chi connectivity index (χ4n) is 3.48. The Balaban J connectivity index is 2.21. The summed E-state index contributed by atoms with van der Waals surface area (Å²) >= 11 is 0. The molecule has 24 heavy (non-hydrogen) atoms. The molecule has 2 rings (SSSR count). The monoisotopic (exact) mass is 334 g/mol. The van der Waals surface area contributed by atoms with Crippen molar-refractivity contribution in [3.63, 3.8) is 0 Å². The van der Waals surface area contributed by atoms with E-state index in [1.165, 1.54) is 0 Å². The highest BCUT2D eigenvalue weighted by Gasteiger charge is 2.45. The Hall–Kier alpha value is -1.83. The van der Waals surface area contributed by atoms with Crippen LogP contribution in [0.4, 0.5) is 0 Å². The first-order valence-corrected chi connectivity index (χ1v) is 8.96. The maximum atomic E-state index is 12.3. The second-order valence-corrected chi connectivity index (χ2v) is 6.83. The van der Waals surface area contributed by atoms with Crippen molar-refractivity contribution >= 4 is 11.8 Å². The molecule has 5 nitrogen and oxygen atoms in total. The molecule has 5 heteroatoms. The van der Waals surface area contributed by atoms with E-state index < -0.39 is 0 Å². The van der Waals surface area contributed by atoms with Crippen LogP contribution in [0.1, 0.15) is 59.3 Å². The first-order valence-electron chi connectivity index (χ1n) is 8.96. The van der Waals surface area contributed by atoms with Gasteiger partial charge in [-0.05, 0) is 33.1 Å². The van der Waals surface area contributed by atoms with E-state index in [1.54, 1.807) is 6.08 Å². The molecular weight excluding hydrogens is 306 g/mol. The van der Waals surface area contributed by atoms with Crippen molar-refractivity contribution in [2.24, 2.45) is 11.3 Å². The van der Waals surface area contributed by atoms with Crippen molar-refractivity contribution in [1.82, 2.24) is 0 Å². The van der Waals surface area contributed by atoms with Gasteiger partial charge in [-0.2, -0.15) is 0 Å². The van der Waals surface area contributed by atoms with Crippen LogP contribution in [-0.2, 0) is 19.1 Å². The van der Waals surface area contributed by atoms with E-state index in [2.05, 4.69) is 17.8 Å². The van der Waals surface area contributed by atoms with Gasteiger partial charge in [0.25, 0.3) is 12.1 Å². The average Bonchev–Trinajstić information content (AvgIpc) is 2.52. The normalized spacial score (nSPS) is 31.5. The first kappa shape index (κ1) is 18.5. The average molecular weight is 334 g/mol. The highest BCUT2D eigenvalue weighted by molar-refractivity contribution is 5.94. The Labute approximate surface area is 144 Å². The van der Waals surface area contributed by atoms with Gasteiger partial charge in [0.2, 0.25) is 0 Å². The predicted octanol–water partition coefficient (Wildman–Crippen LogP) is 3.73. The number of nitrogens with zero attached hydrogens (tertiary/aromatic N) is 1. The summed E-state index contributed by atoms with van der Waals surface area (Å²) in [6.07, 6.45) is 5.95. The van der Waals surface area contributed by atoms with Crippen molar-refractivity contribution in [3.05, 3.63) is 16.7 Å². The van der Waals surface area contributed by atoms with E-state index in [-0.39, 0.29) is 29.1 Å². The summed E-state index contributed by atoms with van der Waals surface area (Å²) in [6, 6.07) is 3.04. The second kappa shape index (κ2) is 8.32. The third-order valence-corrected chi connectivity index (χ3v) is 5.01. The van der Waals surface area contributed by atoms with Crippen LogP contribution in [0.3, 0.4) is 0 Å². The van der Waals surface area contributed by atoms with Gasteiger partial charge in [0.1, 0.15) is 5.76 Å². The summed E-state index contributed by atoms with van der Waals surface area (Å²) in [7, 11) is 0. The van der Waals surface area contributed by atoms with Gasteiger partial charge in [0.15, 0.2) is 11.7 Å². The summed E-state index contributed by atoms with van der Waals surface area (Å²) in [5.74, 6) is 0.314. The van der Waals surface area contributed by atoms with Crippen LogP contribution in [-0.4, -0.2) is 31.0 Å². The molecule has 0 saturated carbocycles. The van der Waals surface area contributed by atoms with Crippen molar-refractivity contribution < 1.29 is 19.1 Å². The summed E-state index contributed by atoms with van der Waals surface area (Å²) < 4.78 is 10.7. The molecule has 0 fully saturated rings. The topological polar surface area (TPSA) is 57.0 Å². The molecule has 2 heterocycles. The zero-order valence-electron chi connectivity index (χ0n) is 15.0. The lowest BCUT2D eigenvalue weighted by molar-refractivity contribution is -0.143. The van der Waals surface area contributed by atoms with Gasteiger partial charge >= 0.3 is 5.97 Å². The fraction of sp³-hybridized carbons (Fsp3) is 0.737. The number of fused-ring (bicyclic) bond motifs is 2. The number of carbonyl (C=O) groups excluding carboxylic acids is 2. The van der Waals surface area contributed by atoms with E-state index in [9.17, 15) is 9.59 Å². The lowest BCUT2D eigenvalue weighted by Gasteiger charge is -2.30. The molecule has 2 aliphatic heterocycles. The van der Waals surface area contributed by atoms with Gasteiger partial charge in [0.05, 0.1) is 19.6 Å². The quantitative estimate of drug-likeness (QED) is 0.695. The predicted molar refractivity (Wildman–Crippen MR) is 91.7 cm³/mol. The minimum Gasteiger partial charge on any atom is -0.498 e. The molecule has 0 aromatic heterocycles. The molecule has 3 atom stereocenters. The van der Waals surface area contributed by atoms with Crippen LogP contribution in [0.5, 0.6) is 0 Å². The van der Waals surface area contributed by atoms with Crippen LogP contribution in [0.2, 0.25) is 0 Å². The third-order valence-electron chi connectivity index (χ3n) is 5.01. The number of hydrogen-bond acceptors (Lipinski definition) is 4. The van der Waals surface area contributed by atoms with Crippen LogP contribution < -0.4 is 0 Å². The van der Waals surface area contributed by atoms with Gasteiger partial charge in [0, 0.05) is 17.9 Å². The van der Waals surface area contributed by atoms with Gasteiger partial charge < -0.3 is 9.47 Å².